The molecule has 6 rings (SSSR count). The molecule has 3 aromatic carbocycles. The van der Waals surface area contributed by atoms with Crippen LogP contribution in [0.4, 0.5) is 5.82 Å². The van der Waals surface area contributed by atoms with Crippen LogP contribution in [-0.4, -0.2) is 50.6 Å². The Hall–Kier alpha value is -3.45. The molecule has 1 saturated heterocycles. The predicted molar refractivity (Wildman–Crippen MR) is 155 cm³/mol. The van der Waals surface area contributed by atoms with Crippen LogP contribution in [0.25, 0.3) is 28.2 Å². The Kier molecular flexibility index (Phi) is 7.02. The normalized spacial score (nSPS) is 14.5. The number of piperidine rings is 1. The largest absolute Gasteiger partial charge is 0.355 e. The number of nitrogens with zero attached hydrogens (tertiary/aromatic N) is 6. The fourth-order valence-corrected chi connectivity index (χ4v) is 5.63. The highest BCUT2D eigenvalue weighted by Gasteiger charge is 2.27. The van der Waals surface area contributed by atoms with Crippen LogP contribution in [0.3, 0.4) is 0 Å². The van der Waals surface area contributed by atoms with E-state index in [1.807, 2.05) is 53.1 Å². The number of fused-ring (bicyclic) bond motifs is 1. The van der Waals surface area contributed by atoms with Gasteiger partial charge in [0.05, 0.1) is 5.02 Å². The Morgan fingerprint density at radius 3 is 2.32 bits per heavy atom. The zero-order valence-corrected chi connectivity index (χ0v) is 22.6. The van der Waals surface area contributed by atoms with E-state index in [1.165, 1.54) is 5.56 Å². The molecular weight excluding hydrogens is 515 g/mol. The van der Waals surface area contributed by atoms with Crippen LogP contribution in [0.2, 0.25) is 10.0 Å². The summed E-state index contributed by atoms with van der Waals surface area (Å²) in [5, 5.41) is 1.31. The number of rotatable bonds is 6. The minimum atomic E-state index is 0.522. The van der Waals surface area contributed by atoms with E-state index >= 15 is 0 Å². The van der Waals surface area contributed by atoms with Crippen molar-refractivity contribution in [1.29, 1.82) is 0 Å². The SMILES string of the molecule is CN(Cc1ccccc1)C1CCN(c2ncnc3c2nc(-c2ccccc2Cl)n3-c2ccc(Cl)cc2)CC1. The summed E-state index contributed by atoms with van der Waals surface area (Å²) in [5.41, 5.74) is 4.62. The molecule has 0 N–H and O–H groups in total. The number of hydrogen-bond acceptors (Lipinski definition) is 5. The van der Waals surface area contributed by atoms with E-state index in [4.69, 9.17) is 33.2 Å². The van der Waals surface area contributed by atoms with Crippen molar-refractivity contribution in [3.05, 3.63) is 101 Å². The van der Waals surface area contributed by atoms with E-state index in [0.29, 0.717) is 16.1 Å². The molecule has 38 heavy (non-hydrogen) atoms. The molecule has 8 heteroatoms. The predicted octanol–water partition coefficient (Wildman–Crippen LogP) is 6.89. The molecule has 1 aliphatic heterocycles. The summed E-state index contributed by atoms with van der Waals surface area (Å²) >= 11 is 12.8. The van der Waals surface area contributed by atoms with Gasteiger partial charge < -0.3 is 4.90 Å². The molecule has 0 unspecified atom stereocenters. The summed E-state index contributed by atoms with van der Waals surface area (Å²) in [4.78, 5) is 19.3. The van der Waals surface area contributed by atoms with Crippen LogP contribution < -0.4 is 4.90 Å². The number of anilines is 1. The highest BCUT2D eigenvalue weighted by Crippen LogP contribution is 2.35. The standard InChI is InChI=1S/C30H28Cl2N6/c1-36(19-21-7-3-2-4-8-21)23-15-17-37(18-16-23)29-27-30(34-20-33-29)38(24-13-11-22(31)12-14-24)28(35-27)25-9-5-6-10-26(25)32/h2-14,20,23H,15-19H2,1H3. The van der Waals surface area contributed by atoms with Gasteiger partial charge in [0.2, 0.25) is 0 Å². The number of hydrogen-bond donors (Lipinski definition) is 0. The minimum Gasteiger partial charge on any atom is -0.355 e. The van der Waals surface area contributed by atoms with Crippen LogP contribution >= 0.6 is 23.2 Å². The Labute approximate surface area is 232 Å². The molecule has 0 bridgehead atoms. The Morgan fingerprint density at radius 1 is 0.868 bits per heavy atom. The minimum absolute atomic E-state index is 0.522. The molecular formula is C30H28Cl2N6. The van der Waals surface area contributed by atoms with Crippen molar-refractivity contribution >= 4 is 40.2 Å². The highest BCUT2D eigenvalue weighted by molar-refractivity contribution is 6.33. The Morgan fingerprint density at radius 2 is 1.58 bits per heavy atom. The highest BCUT2D eigenvalue weighted by atomic mass is 35.5. The molecule has 6 nitrogen and oxygen atoms in total. The maximum Gasteiger partial charge on any atom is 0.170 e. The van der Waals surface area contributed by atoms with Gasteiger partial charge in [-0.05, 0) is 61.9 Å². The molecule has 0 atom stereocenters. The average molecular weight is 544 g/mol. The van der Waals surface area contributed by atoms with Gasteiger partial charge in [0, 0.05) is 41.9 Å². The number of halogens is 2. The van der Waals surface area contributed by atoms with Gasteiger partial charge in [0.15, 0.2) is 17.0 Å². The van der Waals surface area contributed by atoms with Gasteiger partial charge in [0.25, 0.3) is 0 Å². The molecule has 2 aromatic heterocycles. The molecule has 3 heterocycles. The van der Waals surface area contributed by atoms with Gasteiger partial charge in [-0.2, -0.15) is 0 Å². The molecule has 0 saturated carbocycles. The zero-order chi connectivity index (χ0) is 26.1. The lowest BCUT2D eigenvalue weighted by Crippen LogP contribution is -2.43. The van der Waals surface area contributed by atoms with Crippen molar-refractivity contribution in [3.63, 3.8) is 0 Å². The van der Waals surface area contributed by atoms with Crippen molar-refractivity contribution in [2.24, 2.45) is 0 Å². The lowest BCUT2D eigenvalue weighted by Gasteiger charge is -2.37. The van der Waals surface area contributed by atoms with Crippen LogP contribution in [0.15, 0.2) is 85.2 Å². The summed E-state index contributed by atoms with van der Waals surface area (Å²) in [6, 6.07) is 26.6. The van der Waals surface area contributed by atoms with Gasteiger partial charge in [-0.25, -0.2) is 15.0 Å². The topological polar surface area (TPSA) is 50.1 Å². The lowest BCUT2D eigenvalue weighted by atomic mass is 10.0. The van der Waals surface area contributed by atoms with Crippen molar-refractivity contribution < 1.29 is 0 Å². The van der Waals surface area contributed by atoms with E-state index in [1.54, 1.807) is 6.33 Å². The Bertz CT molecular complexity index is 1540. The summed E-state index contributed by atoms with van der Waals surface area (Å²) in [6.45, 7) is 2.77. The third-order valence-corrected chi connectivity index (χ3v) is 7.87. The maximum absolute atomic E-state index is 6.64. The molecule has 0 spiro atoms. The first-order valence-electron chi connectivity index (χ1n) is 12.8. The van der Waals surface area contributed by atoms with Gasteiger partial charge in [-0.15, -0.1) is 0 Å². The van der Waals surface area contributed by atoms with E-state index in [9.17, 15) is 0 Å². The number of imidazole rings is 1. The van der Waals surface area contributed by atoms with Crippen molar-refractivity contribution in [3.8, 4) is 17.1 Å². The average Bonchev–Trinajstić information content (AvgIpc) is 3.34. The third kappa shape index (κ3) is 4.87. The van der Waals surface area contributed by atoms with Crippen molar-refractivity contribution in [1.82, 2.24) is 24.4 Å². The first-order valence-corrected chi connectivity index (χ1v) is 13.6. The van der Waals surface area contributed by atoms with Gasteiger partial charge in [-0.3, -0.25) is 9.47 Å². The molecule has 1 fully saturated rings. The quantitative estimate of drug-likeness (QED) is 0.234. The second-order valence-corrected chi connectivity index (χ2v) is 10.6. The molecule has 192 valence electrons. The third-order valence-electron chi connectivity index (χ3n) is 7.29. The zero-order valence-electron chi connectivity index (χ0n) is 21.1. The second-order valence-electron chi connectivity index (χ2n) is 9.72. The second kappa shape index (κ2) is 10.7. The summed E-state index contributed by atoms with van der Waals surface area (Å²) < 4.78 is 2.04. The number of benzene rings is 3. The van der Waals surface area contributed by atoms with Crippen LogP contribution in [0.1, 0.15) is 18.4 Å². The molecule has 0 amide bonds. The van der Waals surface area contributed by atoms with Gasteiger partial charge >= 0.3 is 0 Å². The van der Waals surface area contributed by atoms with Crippen molar-refractivity contribution in [2.75, 3.05) is 25.0 Å². The first kappa shape index (κ1) is 24.9. The van der Waals surface area contributed by atoms with Gasteiger partial charge in [0.1, 0.15) is 12.2 Å². The van der Waals surface area contributed by atoms with E-state index in [2.05, 4.69) is 52.2 Å². The Balaban J connectivity index is 1.33. The van der Waals surface area contributed by atoms with Crippen LogP contribution in [-0.2, 0) is 6.54 Å². The fourth-order valence-electron chi connectivity index (χ4n) is 5.29. The molecule has 0 aliphatic carbocycles. The first-order chi connectivity index (χ1) is 18.6. The lowest BCUT2D eigenvalue weighted by molar-refractivity contribution is 0.200. The molecule has 0 radical (unpaired) electrons. The number of aromatic nitrogens is 4. The van der Waals surface area contributed by atoms with E-state index in [-0.39, 0.29) is 0 Å². The van der Waals surface area contributed by atoms with E-state index < -0.39 is 0 Å². The molecule has 5 aromatic rings. The fraction of sp³-hybridized carbons (Fsp3) is 0.233. The van der Waals surface area contributed by atoms with E-state index in [0.717, 1.165) is 66.5 Å². The monoisotopic (exact) mass is 542 g/mol. The van der Waals surface area contributed by atoms with Gasteiger partial charge in [-0.1, -0.05) is 65.7 Å². The summed E-state index contributed by atoms with van der Waals surface area (Å²) in [5.74, 6) is 1.59. The molecule has 1 aliphatic rings. The van der Waals surface area contributed by atoms with Crippen LogP contribution in [0, 0.1) is 0 Å². The van der Waals surface area contributed by atoms with Crippen molar-refractivity contribution in [2.45, 2.75) is 25.4 Å². The van der Waals surface area contributed by atoms with Crippen LogP contribution in [0.5, 0.6) is 0 Å². The smallest absolute Gasteiger partial charge is 0.170 e. The summed E-state index contributed by atoms with van der Waals surface area (Å²) in [6.07, 6.45) is 3.75. The summed E-state index contributed by atoms with van der Waals surface area (Å²) in [7, 11) is 2.22. The maximum atomic E-state index is 6.64.